The molecule has 0 spiro atoms. The molecule has 3 aromatic heterocycles. The van der Waals surface area contributed by atoms with Crippen molar-refractivity contribution in [2.24, 2.45) is 0 Å². The van der Waals surface area contributed by atoms with Gasteiger partial charge >= 0.3 is 0 Å². The number of anilines is 2. The first-order chi connectivity index (χ1) is 20.3. The summed E-state index contributed by atoms with van der Waals surface area (Å²) >= 11 is 1.86. The monoisotopic (exact) mass is 550 g/mol. The molecule has 0 saturated carbocycles. The van der Waals surface area contributed by atoms with E-state index in [4.69, 9.17) is 9.15 Å². The highest BCUT2D eigenvalue weighted by atomic mass is 32.1. The van der Waals surface area contributed by atoms with Crippen LogP contribution in [0.2, 0.25) is 0 Å². The zero-order valence-corrected chi connectivity index (χ0v) is 23.0. The van der Waals surface area contributed by atoms with Crippen LogP contribution >= 0.6 is 11.3 Å². The van der Waals surface area contributed by atoms with Crippen molar-refractivity contribution in [2.45, 2.75) is 24.0 Å². The minimum atomic E-state index is -0.634. The molecule has 4 aromatic carbocycles. The number of benzene rings is 4. The van der Waals surface area contributed by atoms with Crippen LogP contribution in [0.1, 0.15) is 27.7 Å². The molecule has 5 heterocycles. The van der Waals surface area contributed by atoms with E-state index in [0.717, 1.165) is 35.0 Å². The van der Waals surface area contributed by atoms with Gasteiger partial charge in [-0.25, -0.2) is 0 Å². The zero-order chi connectivity index (χ0) is 27.0. The molecule has 198 valence electrons. The van der Waals surface area contributed by atoms with Crippen LogP contribution in [0, 0.1) is 0 Å². The van der Waals surface area contributed by atoms with Gasteiger partial charge in [0, 0.05) is 32.6 Å². The van der Waals surface area contributed by atoms with Crippen molar-refractivity contribution >= 4 is 43.8 Å². The highest BCUT2D eigenvalue weighted by molar-refractivity contribution is 7.19. The van der Waals surface area contributed by atoms with Gasteiger partial charge in [0.1, 0.15) is 29.0 Å². The first kappa shape index (κ1) is 23.0. The molecular formula is C36H26N2O2S. The summed E-state index contributed by atoms with van der Waals surface area (Å²) in [6.45, 7) is 0. The Labute approximate surface area is 241 Å². The van der Waals surface area contributed by atoms with E-state index in [-0.39, 0.29) is 12.0 Å². The first-order valence-electron chi connectivity index (χ1n) is 14.0. The maximum Gasteiger partial charge on any atom is 0.132 e. The molecule has 2 aliphatic rings. The fourth-order valence-corrected chi connectivity index (χ4v) is 8.50. The molecule has 0 saturated heterocycles. The summed E-state index contributed by atoms with van der Waals surface area (Å²) < 4.78 is 14.6. The lowest BCUT2D eigenvalue weighted by Crippen LogP contribution is -2.54. The quantitative estimate of drug-likeness (QED) is 0.238. The Morgan fingerprint density at radius 2 is 1.59 bits per heavy atom. The van der Waals surface area contributed by atoms with Crippen molar-refractivity contribution in [1.82, 2.24) is 4.98 Å². The molecule has 0 fully saturated rings. The van der Waals surface area contributed by atoms with Crippen molar-refractivity contribution < 1.29 is 9.15 Å². The third kappa shape index (κ3) is 3.21. The van der Waals surface area contributed by atoms with Crippen LogP contribution in [0.4, 0.5) is 11.5 Å². The van der Waals surface area contributed by atoms with E-state index in [0.29, 0.717) is 0 Å². The molecule has 3 atom stereocenters. The lowest BCUT2D eigenvalue weighted by molar-refractivity contribution is 0.119. The minimum absolute atomic E-state index is 0.104. The molecule has 0 aliphatic carbocycles. The van der Waals surface area contributed by atoms with Gasteiger partial charge in [0.15, 0.2) is 0 Å². The number of para-hydroxylation sites is 3. The van der Waals surface area contributed by atoms with Gasteiger partial charge < -0.3 is 19.0 Å². The first-order valence-corrected chi connectivity index (χ1v) is 14.9. The number of furan rings is 1. The lowest BCUT2D eigenvalue weighted by Gasteiger charge is -2.45. The van der Waals surface area contributed by atoms with E-state index < -0.39 is 5.54 Å². The zero-order valence-electron chi connectivity index (χ0n) is 22.2. The normalized spacial score (nSPS) is 21.3. The number of rotatable bonds is 4. The Morgan fingerprint density at radius 3 is 2.44 bits per heavy atom. The van der Waals surface area contributed by atoms with E-state index in [1.54, 1.807) is 6.26 Å². The highest BCUT2D eigenvalue weighted by Gasteiger charge is 2.62. The summed E-state index contributed by atoms with van der Waals surface area (Å²) in [4.78, 5) is 7.57. The number of thiophene rings is 1. The van der Waals surface area contributed by atoms with Crippen molar-refractivity contribution in [3.05, 3.63) is 149 Å². The summed E-state index contributed by atoms with van der Waals surface area (Å²) in [6.07, 6.45) is 2.41. The van der Waals surface area contributed by atoms with Crippen LogP contribution in [0.25, 0.3) is 21.0 Å². The van der Waals surface area contributed by atoms with Crippen molar-refractivity contribution in [3.8, 4) is 5.75 Å². The predicted octanol–water partition coefficient (Wildman–Crippen LogP) is 9.16. The molecule has 5 heteroatoms. The van der Waals surface area contributed by atoms with E-state index in [1.807, 2.05) is 17.4 Å². The van der Waals surface area contributed by atoms with Crippen LogP contribution < -0.4 is 9.64 Å². The van der Waals surface area contributed by atoms with Gasteiger partial charge in [-0.15, -0.1) is 11.3 Å². The number of hydrogen-bond acceptors (Lipinski definition) is 4. The Morgan fingerprint density at radius 1 is 0.780 bits per heavy atom. The second kappa shape index (κ2) is 8.63. The van der Waals surface area contributed by atoms with Crippen molar-refractivity contribution in [1.29, 1.82) is 0 Å². The third-order valence-electron chi connectivity index (χ3n) is 8.84. The largest absolute Gasteiger partial charge is 0.487 e. The molecule has 0 radical (unpaired) electrons. The molecule has 1 N–H and O–H groups in total. The maximum absolute atomic E-state index is 7.04. The number of nitrogens with zero attached hydrogens (tertiary/aromatic N) is 1. The van der Waals surface area contributed by atoms with Gasteiger partial charge in [0.25, 0.3) is 0 Å². The molecule has 4 nitrogen and oxygen atoms in total. The Hall–Kier alpha value is -4.74. The second-order valence-corrected chi connectivity index (χ2v) is 12.1. The summed E-state index contributed by atoms with van der Waals surface area (Å²) in [6, 6.07) is 43.2. The van der Waals surface area contributed by atoms with E-state index in [1.165, 1.54) is 31.5 Å². The van der Waals surface area contributed by atoms with Gasteiger partial charge in [-0.05, 0) is 65.0 Å². The average Bonchev–Trinajstić information content (AvgIpc) is 3.83. The minimum Gasteiger partial charge on any atom is -0.487 e. The Kier molecular flexibility index (Phi) is 4.84. The molecule has 41 heavy (non-hydrogen) atoms. The topological polar surface area (TPSA) is 41.4 Å². The Bertz CT molecular complexity index is 1960. The smallest absolute Gasteiger partial charge is 0.132 e. The fourth-order valence-electron chi connectivity index (χ4n) is 7.18. The van der Waals surface area contributed by atoms with Crippen LogP contribution in [0.5, 0.6) is 5.75 Å². The Balaban J connectivity index is 1.40. The number of fused-ring (bicyclic) bond motifs is 4. The van der Waals surface area contributed by atoms with Gasteiger partial charge in [-0.1, -0.05) is 72.8 Å². The van der Waals surface area contributed by atoms with Crippen molar-refractivity contribution in [2.75, 3.05) is 4.90 Å². The molecule has 3 unspecified atom stereocenters. The van der Waals surface area contributed by atoms with E-state index in [2.05, 4.69) is 125 Å². The number of nitrogens with one attached hydrogen (secondary N) is 1. The summed E-state index contributed by atoms with van der Waals surface area (Å²) in [7, 11) is 0. The average molecular weight is 551 g/mol. The standard InChI is InChI=1S/C36H26N2O2S/c1-5-14-27-23(10-1)22-34(37-27)38-28-15-6-4-13-26(28)35(30-17-9-19-39-30)36(38,32-20-24-11-2-7-16-29(24)40-32)33-21-25-12-3-8-18-31(25)41-33/h1-19,21-22,32,35,37H,20H2. The highest BCUT2D eigenvalue weighted by Crippen LogP contribution is 2.63. The van der Waals surface area contributed by atoms with E-state index in [9.17, 15) is 0 Å². The summed E-state index contributed by atoms with van der Waals surface area (Å²) in [5, 5.41) is 2.43. The number of hydrogen-bond donors (Lipinski definition) is 1. The van der Waals surface area contributed by atoms with E-state index >= 15 is 0 Å². The molecule has 9 rings (SSSR count). The molecule has 7 aromatic rings. The number of ether oxygens (including phenoxy) is 1. The number of H-pyrrole nitrogens is 1. The van der Waals surface area contributed by atoms with Gasteiger partial charge in [-0.2, -0.15) is 0 Å². The molecular weight excluding hydrogens is 524 g/mol. The molecule has 0 amide bonds. The summed E-state index contributed by atoms with van der Waals surface area (Å²) in [5.41, 5.74) is 4.12. The molecule has 2 aliphatic heterocycles. The summed E-state index contributed by atoms with van der Waals surface area (Å²) in [5.74, 6) is 2.84. The van der Waals surface area contributed by atoms with Crippen LogP contribution in [0.15, 0.2) is 132 Å². The number of aromatic nitrogens is 1. The number of aromatic amines is 1. The molecule has 0 bridgehead atoms. The van der Waals surface area contributed by atoms with Gasteiger partial charge in [-0.3, -0.25) is 0 Å². The van der Waals surface area contributed by atoms with Gasteiger partial charge in [0.2, 0.25) is 0 Å². The fraction of sp³-hybridized carbons (Fsp3) is 0.111. The second-order valence-electron chi connectivity index (χ2n) is 11.0. The van der Waals surface area contributed by atoms with Crippen molar-refractivity contribution in [3.63, 3.8) is 0 Å². The third-order valence-corrected chi connectivity index (χ3v) is 10.1. The SMILES string of the molecule is c1coc(C2c3ccccc3N(c3cc4ccccc4[nH]3)C2(c2cc3ccccc3s2)C2Cc3ccccc3O2)c1. The maximum atomic E-state index is 7.04. The van der Waals surface area contributed by atoms with Crippen LogP contribution in [0.3, 0.4) is 0 Å². The lowest BCUT2D eigenvalue weighted by atomic mass is 9.74. The van der Waals surface area contributed by atoms with Crippen LogP contribution in [-0.2, 0) is 12.0 Å². The van der Waals surface area contributed by atoms with Gasteiger partial charge in [0.05, 0.1) is 12.2 Å². The van der Waals surface area contributed by atoms with Crippen LogP contribution in [-0.4, -0.2) is 11.1 Å². The predicted molar refractivity (Wildman–Crippen MR) is 165 cm³/mol.